The molecular weight excluding hydrogens is 264 g/mol. The fourth-order valence-electron chi connectivity index (χ4n) is 2.53. The minimum absolute atomic E-state index is 0.0649. The smallest absolute Gasteiger partial charge is 0.188 e. The number of carbonyl (C=O) groups is 2. The lowest BCUT2D eigenvalue weighted by molar-refractivity contribution is 0.0921. The second-order valence-electron chi connectivity index (χ2n) is 5.13. The molecule has 0 fully saturated rings. The molecule has 1 aliphatic rings. The average molecular weight is 278 g/mol. The van der Waals surface area contributed by atoms with Crippen LogP contribution in [0.15, 0.2) is 48.8 Å². The maximum absolute atomic E-state index is 12.6. The summed E-state index contributed by atoms with van der Waals surface area (Å²) in [5, 5.41) is 0.663. The molecule has 2 aromatic rings. The van der Waals surface area contributed by atoms with Gasteiger partial charge in [0.1, 0.15) is 5.69 Å². The number of hydrogen-bond donors (Lipinski definition) is 0. The van der Waals surface area contributed by atoms with Crippen LogP contribution in [0.2, 0.25) is 0 Å². The van der Waals surface area contributed by atoms with Crippen molar-refractivity contribution in [3.05, 3.63) is 60.1 Å². The molecule has 0 aliphatic heterocycles. The molecule has 3 rings (SSSR count). The van der Waals surface area contributed by atoms with Gasteiger partial charge in [0.2, 0.25) is 0 Å². The van der Waals surface area contributed by atoms with Gasteiger partial charge in [-0.05, 0) is 18.1 Å². The van der Waals surface area contributed by atoms with Gasteiger partial charge < -0.3 is 0 Å². The van der Waals surface area contributed by atoms with Crippen LogP contribution in [0.5, 0.6) is 0 Å². The van der Waals surface area contributed by atoms with Crippen molar-refractivity contribution >= 4 is 23.0 Å². The van der Waals surface area contributed by atoms with E-state index in [2.05, 4.69) is 9.97 Å². The number of aldehydes is 1. The van der Waals surface area contributed by atoms with E-state index >= 15 is 0 Å². The number of pyridine rings is 2. The van der Waals surface area contributed by atoms with Gasteiger partial charge in [0, 0.05) is 29.3 Å². The van der Waals surface area contributed by atoms with Crippen LogP contribution in [0, 0.1) is 11.8 Å². The first-order chi connectivity index (χ1) is 10.2. The van der Waals surface area contributed by atoms with Crippen LogP contribution in [0.25, 0.3) is 10.9 Å². The Hall–Kier alpha value is -2.62. The quantitative estimate of drug-likeness (QED) is 0.639. The normalized spacial score (nSPS) is 20.6. The van der Waals surface area contributed by atoms with Crippen molar-refractivity contribution in [2.75, 3.05) is 0 Å². The predicted octanol–water partition coefficient (Wildman–Crippen LogP) is 3.00. The van der Waals surface area contributed by atoms with E-state index in [-0.39, 0.29) is 17.6 Å². The highest BCUT2D eigenvalue weighted by atomic mass is 16.1. The van der Waals surface area contributed by atoms with Crippen LogP contribution in [0.1, 0.15) is 27.8 Å². The molecule has 0 aromatic carbocycles. The molecule has 0 amide bonds. The summed E-state index contributed by atoms with van der Waals surface area (Å²) < 4.78 is 0. The van der Waals surface area contributed by atoms with Gasteiger partial charge in [-0.2, -0.15) is 0 Å². The highest BCUT2D eigenvalue weighted by molar-refractivity contribution is 6.03. The van der Waals surface area contributed by atoms with Crippen LogP contribution < -0.4 is 0 Å². The number of nitrogens with zero attached hydrogens (tertiary/aromatic N) is 2. The Bertz CT molecular complexity index is 777. The third kappa shape index (κ3) is 2.40. The van der Waals surface area contributed by atoms with Gasteiger partial charge in [-0.3, -0.25) is 14.6 Å². The third-order valence-corrected chi connectivity index (χ3v) is 3.74. The Labute approximate surface area is 122 Å². The summed E-state index contributed by atoms with van der Waals surface area (Å²) in [5.41, 5.74) is 1.38. The molecule has 0 saturated carbocycles. The Morgan fingerprint density at radius 3 is 2.86 bits per heavy atom. The summed E-state index contributed by atoms with van der Waals surface area (Å²) in [6.07, 6.45) is 11.6. The van der Waals surface area contributed by atoms with Crippen molar-refractivity contribution in [3.8, 4) is 0 Å². The molecule has 1 aliphatic carbocycles. The fourth-order valence-corrected chi connectivity index (χ4v) is 2.53. The molecule has 2 aromatic heterocycles. The summed E-state index contributed by atoms with van der Waals surface area (Å²) in [5.74, 6) is -0.177. The van der Waals surface area contributed by atoms with Crippen molar-refractivity contribution in [1.82, 2.24) is 9.97 Å². The number of ketones is 1. The topological polar surface area (TPSA) is 59.9 Å². The number of allylic oxidation sites excluding steroid dienone is 4. The van der Waals surface area contributed by atoms with Crippen LogP contribution in [-0.2, 0) is 0 Å². The minimum Gasteiger partial charge on any atom is -0.298 e. The first-order valence-corrected chi connectivity index (χ1v) is 6.80. The average Bonchev–Trinajstić information content (AvgIpc) is 2.53. The Balaban J connectivity index is 2.08. The van der Waals surface area contributed by atoms with Gasteiger partial charge in [-0.1, -0.05) is 31.2 Å². The number of hydrogen-bond acceptors (Lipinski definition) is 4. The van der Waals surface area contributed by atoms with E-state index in [1.807, 2.05) is 31.2 Å². The second-order valence-corrected chi connectivity index (χ2v) is 5.13. The van der Waals surface area contributed by atoms with E-state index in [1.54, 1.807) is 24.5 Å². The lowest BCUT2D eigenvalue weighted by Gasteiger charge is -2.19. The van der Waals surface area contributed by atoms with Crippen molar-refractivity contribution in [2.45, 2.75) is 6.92 Å². The van der Waals surface area contributed by atoms with E-state index in [0.29, 0.717) is 22.2 Å². The van der Waals surface area contributed by atoms with Crippen LogP contribution in [-0.4, -0.2) is 22.0 Å². The Morgan fingerprint density at radius 2 is 2.10 bits per heavy atom. The van der Waals surface area contributed by atoms with Crippen molar-refractivity contribution in [1.29, 1.82) is 0 Å². The van der Waals surface area contributed by atoms with Crippen LogP contribution >= 0.6 is 0 Å². The molecule has 4 nitrogen and oxygen atoms in total. The lowest BCUT2D eigenvalue weighted by atomic mass is 9.85. The Kier molecular flexibility index (Phi) is 3.44. The second kappa shape index (κ2) is 5.40. The van der Waals surface area contributed by atoms with E-state index < -0.39 is 0 Å². The summed E-state index contributed by atoms with van der Waals surface area (Å²) in [6, 6.07) is 3.26. The summed E-state index contributed by atoms with van der Waals surface area (Å²) >= 11 is 0. The molecule has 2 heterocycles. The molecule has 0 unspecified atom stereocenters. The summed E-state index contributed by atoms with van der Waals surface area (Å²) in [4.78, 5) is 32.3. The molecule has 0 radical (unpaired) electrons. The number of Topliss-reactive ketones (excluding diaryl/α,β-unsaturated/α-hetero) is 1. The van der Waals surface area contributed by atoms with E-state index in [0.717, 1.165) is 6.29 Å². The predicted molar refractivity (Wildman–Crippen MR) is 80.2 cm³/mol. The molecular formula is C17H14N2O2. The summed E-state index contributed by atoms with van der Waals surface area (Å²) in [6.45, 7) is 1.99. The molecule has 0 N–H and O–H groups in total. The molecule has 2 atom stereocenters. The molecule has 0 saturated heterocycles. The third-order valence-electron chi connectivity index (χ3n) is 3.74. The maximum atomic E-state index is 12.6. The number of fused-ring (bicyclic) bond motifs is 1. The van der Waals surface area contributed by atoms with Gasteiger partial charge in [0.05, 0.1) is 5.52 Å². The van der Waals surface area contributed by atoms with Gasteiger partial charge >= 0.3 is 0 Å². The maximum Gasteiger partial charge on any atom is 0.188 e. The molecule has 4 heteroatoms. The number of carbonyl (C=O) groups excluding carboxylic acids is 2. The molecule has 0 bridgehead atoms. The van der Waals surface area contributed by atoms with E-state index in [9.17, 15) is 9.59 Å². The zero-order valence-corrected chi connectivity index (χ0v) is 11.6. The molecule has 0 spiro atoms. The lowest BCUT2D eigenvalue weighted by Crippen LogP contribution is -2.21. The fraction of sp³-hybridized carbons (Fsp3) is 0.176. The zero-order chi connectivity index (χ0) is 14.8. The largest absolute Gasteiger partial charge is 0.298 e. The molecule has 21 heavy (non-hydrogen) atoms. The van der Waals surface area contributed by atoms with E-state index in [1.165, 1.54) is 0 Å². The van der Waals surface area contributed by atoms with Gasteiger partial charge in [0.25, 0.3) is 0 Å². The van der Waals surface area contributed by atoms with Crippen LogP contribution in [0.4, 0.5) is 0 Å². The first-order valence-electron chi connectivity index (χ1n) is 6.80. The SMILES string of the molecule is C[C@@H]1C=CC=C[C@@H]1C(=O)c1cc(C=O)c2cnccc2n1. The van der Waals surface area contributed by atoms with E-state index in [4.69, 9.17) is 0 Å². The highest BCUT2D eigenvalue weighted by Crippen LogP contribution is 2.24. The minimum atomic E-state index is -0.235. The zero-order valence-electron chi connectivity index (χ0n) is 11.6. The number of aromatic nitrogens is 2. The molecule has 104 valence electrons. The highest BCUT2D eigenvalue weighted by Gasteiger charge is 2.25. The summed E-state index contributed by atoms with van der Waals surface area (Å²) in [7, 11) is 0. The Morgan fingerprint density at radius 1 is 1.29 bits per heavy atom. The van der Waals surface area contributed by atoms with Gasteiger partial charge in [-0.15, -0.1) is 0 Å². The van der Waals surface area contributed by atoms with Crippen molar-refractivity contribution in [3.63, 3.8) is 0 Å². The first kappa shape index (κ1) is 13.4. The van der Waals surface area contributed by atoms with Crippen molar-refractivity contribution < 1.29 is 9.59 Å². The van der Waals surface area contributed by atoms with Gasteiger partial charge in [-0.25, -0.2) is 4.98 Å². The monoisotopic (exact) mass is 278 g/mol. The standard InChI is InChI=1S/C17H14N2O2/c1-11-4-2-3-5-13(11)17(21)16-8-12(10-20)14-9-18-7-6-15(14)19-16/h2-11,13H,1H3/t11-,13+/m1/s1. The number of rotatable bonds is 3. The van der Waals surface area contributed by atoms with Crippen molar-refractivity contribution in [2.24, 2.45) is 11.8 Å². The van der Waals surface area contributed by atoms with Crippen LogP contribution in [0.3, 0.4) is 0 Å². The van der Waals surface area contributed by atoms with Gasteiger partial charge in [0.15, 0.2) is 12.1 Å².